The molecule has 0 aliphatic carbocycles. The highest BCUT2D eigenvalue weighted by molar-refractivity contribution is 7.53. The molecule has 80 valence electrons. The van der Waals surface area contributed by atoms with Crippen LogP contribution in [0.15, 0.2) is 0 Å². The van der Waals surface area contributed by atoms with E-state index in [0.717, 1.165) is 0 Å². The second-order valence-electron chi connectivity index (χ2n) is 2.30. The molecule has 0 aliphatic heterocycles. The highest BCUT2D eigenvalue weighted by Gasteiger charge is 2.26. The Hall–Kier alpha value is 0.0700. The highest BCUT2D eigenvalue weighted by atomic mass is 31.2. The van der Waals surface area contributed by atoms with Crippen molar-refractivity contribution in [1.29, 1.82) is 0 Å². The fourth-order valence-electron chi connectivity index (χ4n) is 0.627. The summed E-state index contributed by atoms with van der Waals surface area (Å²) in [6.45, 7) is 5.98. The minimum Gasteiger partial charge on any atom is -0.255 e. The molecule has 0 N–H and O–H groups in total. The molecular formula is C7H17O5P. The third kappa shape index (κ3) is 6.18. The van der Waals surface area contributed by atoms with Gasteiger partial charge in [0.05, 0.1) is 19.4 Å². The van der Waals surface area contributed by atoms with Crippen LogP contribution in [0.1, 0.15) is 27.2 Å². The van der Waals surface area contributed by atoms with Gasteiger partial charge in [-0.1, -0.05) is 6.92 Å². The summed E-state index contributed by atoms with van der Waals surface area (Å²) in [5, 5.41) is 0. The molecule has 0 bridgehead atoms. The van der Waals surface area contributed by atoms with E-state index in [9.17, 15) is 4.57 Å². The molecule has 0 fully saturated rings. The van der Waals surface area contributed by atoms with Crippen LogP contribution in [-0.4, -0.2) is 19.4 Å². The predicted octanol–water partition coefficient (Wildman–Crippen LogP) is 2.53. The molecule has 0 aromatic heterocycles. The number of rotatable bonds is 8. The molecule has 5 nitrogen and oxygen atoms in total. The molecule has 6 heteroatoms. The Kier molecular flexibility index (Phi) is 7.51. The number of hydrogen-bond acceptors (Lipinski definition) is 5. The molecule has 0 unspecified atom stereocenters. The maximum atomic E-state index is 11.6. The first-order chi connectivity index (χ1) is 6.18. The maximum Gasteiger partial charge on any atom is 0.384 e. The van der Waals surface area contributed by atoms with Gasteiger partial charge in [-0.15, -0.1) is 9.35 Å². The molecule has 0 rings (SSSR count). The van der Waals surface area contributed by atoms with Gasteiger partial charge in [0.15, 0.2) is 0 Å². The fourth-order valence-corrected chi connectivity index (χ4v) is 1.88. The van der Waals surface area contributed by atoms with Crippen molar-refractivity contribution in [2.45, 2.75) is 27.2 Å². The van der Waals surface area contributed by atoms with Crippen LogP contribution in [0.4, 0.5) is 0 Å². The van der Waals surface area contributed by atoms with Crippen molar-refractivity contribution in [2.75, 3.05) is 19.4 Å². The minimum absolute atomic E-state index is 0.285. The summed E-state index contributed by atoms with van der Waals surface area (Å²) in [4.78, 5) is 9.16. The largest absolute Gasteiger partial charge is 0.384 e. The first-order valence-electron chi connectivity index (χ1n) is 4.40. The van der Waals surface area contributed by atoms with Crippen molar-refractivity contribution in [3.05, 3.63) is 0 Å². The van der Waals surface area contributed by atoms with E-state index in [1.54, 1.807) is 13.8 Å². The van der Waals surface area contributed by atoms with Crippen LogP contribution in [0.25, 0.3) is 0 Å². The average Bonchev–Trinajstić information content (AvgIpc) is 2.12. The van der Waals surface area contributed by atoms with Gasteiger partial charge in [0.25, 0.3) is 0 Å². The third-order valence-corrected chi connectivity index (χ3v) is 2.73. The summed E-state index contributed by atoms with van der Waals surface area (Å²) in [5.74, 6) is 0. The van der Waals surface area contributed by atoms with E-state index < -0.39 is 7.60 Å². The molecule has 0 aromatic carbocycles. The molecule has 0 saturated carbocycles. The van der Waals surface area contributed by atoms with E-state index in [4.69, 9.17) is 0 Å². The molecular weight excluding hydrogens is 195 g/mol. The molecule has 0 radical (unpaired) electrons. The van der Waals surface area contributed by atoms with Crippen LogP contribution >= 0.6 is 7.60 Å². The summed E-state index contributed by atoms with van der Waals surface area (Å²) >= 11 is 0. The summed E-state index contributed by atoms with van der Waals surface area (Å²) < 4.78 is 20.9. The first kappa shape index (κ1) is 13.1. The second-order valence-corrected chi connectivity index (χ2v) is 4.26. The number of hydrogen-bond donors (Lipinski definition) is 0. The van der Waals surface area contributed by atoms with Gasteiger partial charge in [0.2, 0.25) is 0 Å². The van der Waals surface area contributed by atoms with E-state index >= 15 is 0 Å². The van der Waals surface area contributed by atoms with Crippen molar-refractivity contribution >= 4 is 7.60 Å². The minimum atomic E-state index is -3.20. The Bertz CT molecular complexity index is 149. The van der Waals surface area contributed by atoms with E-state index in [1.165, 1.54) is 0 Å². The molecule has 0 amide bonds. The smallest absolute Gasteiger partial charge is 0.255 e. The lowest BCUT2D eigenvalue weighted by Gasteiger charge is -2.13. The van der Waals surface area contributed by atoms with E-state index in [0.29, 0.717) is 19.6 Å². The van der Waals surface area contributed by atoms with Gasteiger partial charge in [0, 0.05) is 0 Å². The van der Waals surface area contributed by atoms with Crippen LogP contribution < -0.4 is 0 Å². The van der Waals surface area contributed by atoms with Crippen molar-refractivity contribution in [1.82, 2.24) is 0 Å². The summed E-state index contributed by atoms with van der Waals surface area (Å²) in [5.41, 5.74) is 0. The molecule has 0 aliphatic rings. The molecule has 0 atom stereocenters. The first-order valence-corrected chi connectivity index (χ1v) is 6.12. The predicted molar refractivity (Wildman–Crippen MR) is 48.2 cm³/mol. The van der Waals surface area contributed by atoms with Crippen LogP contribution in [0.5, 0.6) is 0 Å². The molecule has 13 heavy (non-hydrogen) atoms. The summed E-state index contributed by atoms with van der Waals surface area (Å²) in [6, 6.07) is 0. The van der Waals surface area contributed by atoms with Gasteiger partial charge in [-0.05, 0) is 20.3 Å². The van der Waals surface area contributed by atoms with E-state index in [-0.39, 0.29) is 6.16 Å². The second kappa shape index (κ2) is 7.47. The van der Waals surface area contributed by atoms with Crippen LogP contribution in [0.3, 0.4) is 0 Å². The van der Waals surface area contributed by atoms with Crippen LogP contribution in [0.2, 0.25) is 0 Å². The fraction of sp³-hybridized carbons (Fsp3) is 1.00. The van der Waals surface area contributed by atoms with Crippen molar-refractivity contribution in [3.8, 4) is 0 Å². The maximum absolute atomic E-state index is 11.6. The Labute approximate surface area is 78.7 Å². The molecule has 0 saturated heterocycles. The Morgan fingerprint density at radius 3 is 1.77 bits per heavy atom. The van der Waals surface area contributed by atoms with Gasteiger partial charge in [0.1, 0.15) is 0 Å². The molecule has 0 aromatic rings. The molecule has 0 heterocycles. The Morgan fingerprint density at radius 2 is 1.46 bits per heavy atom. The van der Waals surface area contributed by atoms with Crippen molar-refractivity contribution in [2.24, 2.45) is 0 Å². The summed E-state index contributed by atoms with van der Waals surface area (Å²) in [6.07, 6.45) is 0.963. The SMILES string of the molecule is CCCP(=O)(OOCC)OOCC. The standard InChI is InChI=1S/C7H17O5P/c1-4-7-13(8,11-9-5-2)12-10-6-3/h4-7H2,1-3H3. The van der Waals surface area contributed by atoms with Crippen LogP contribution in [0, 0.1) is 0 Å². The quantitative estimate of drug-likeness (QED) is 0.351. The topological polar surface area (TPSA) is 54.0 Å². The Morgan fingerprint density at radius 1 is 1.00 bits per heavy atom. The lowest BCUT2D eigenvalue weighted by molar-refractivity contribution is -0.263. The van der Waals surface area contributed by atoms with Gasteiger partial charge < -0.3 is 0 Å². The van der Waals surface area contributed by atoms with E-state index in [2.05, 4.69) is 19.1 Å². The van der Waals surface area contributed by atoms with Gasteiger partial charge in [-0.2, -0.15) is 0 Å². The highest BCUT2D eigenvalue weighted by Crippen LogP contribution is 2.48. The normalized spacial score (nSPS) is 11.9. The average molecular weight is 212 g/mol. The molecule has 0 spiro atoms. The summed E-state index contributed by atoms with van der Waals surface area (Å²) in [7, 11) is -3.20. The third-order valence-electron chi connectivity index (χ3n) is 1.07. The van der Waals surface area contributed by atoms with E-state index in [1.807, 2.05) is 6.92 Å². The van der Waals surface area contributed by atoms with Crippen molar-refractivity contribution in [3.63, 3.8) is 0 Å². The zero-order chi connectivity index (χ0) is 10.2. The zero-order valence-corrected chi connectivity index (χ0v) is 9.21. The van der Waals surface area contributed by atoms with Gasteiger partial charge in [-0.3, -0.25) is 4.57 Å². The van der Waals surface area contributed by atoms with Gasteiger partial charge in [-0.25, -0.2) is 9.78 Å². The zero-order valence-electron chi connectivity index (χ0n) is 8.32. The van der Waals surface area contributed by atoms with Crippen molar-refractivity contribution < 1.29 is 23.7 Å². The van der Waals surface area contributed by atoms with Crippen LogP contribution in [-0.2, 0) is 23.7 Å². The lowest BCUT2D eigenvalue weighted by atomic mass is 10.6. The van der Waals surface area contributed by atoms with Gasteiger partial charge >= 0.3 is 7.60 Å². The lowest BCUT2D eigenvalue weighted by Crippen LogP contribution is -2.01. The monoisotopic (exact) mass is 212 g/mol. The Balaban J connectivity index is 3.92.